The Hall–Kier alpha value is -5.85. The van der Waals surface area contributed by atoms with E-state index in [1.54, 1.807) is 0 Å². The maximum atomic E-state index is 15.0. The molecule has 3 aromatic carbocycles. The van der Waals surface area contributed by atoms with Gasteiger partial charge in [-0.15, -0.1) is 0 Å². The van der Waals surface area contributed by atoms with Crippen LogP contribution in [0.25, 0.3) is 0 Å². The molecule has 1 aliphatic carbocycles. The number of aromatic nitrogens is 1. The highest BCUT2D eigenvalue weighted by Gasteiger charge is 2.27. The molecule has 1 aliphatic rings. The minimum Gasteiger partial charge on any atom is -0.452 e. The molecule has 5 amide bonds. The minimum atomic E-state index is -0.869. The highest BCUT2D eigenvalue weighted by atomic mass is 19.1. The summed E-state index contributed by atoms with van der Waals surface area (Å²) >= 11 is 0. The molecule has 0 aliphatic heterocycles. The van der Waals surface area contributed by atoms with E-state index in [4.69, 9.17) is 9.47 Å². The molecule has 1 aromatic heterocycles. The van der Waals surface area contributed by atoms with E-state index in [2.05, 4.69) is 26.3 Å². The molecule has 0 bridgehead atoms. The summed E-state index contributed by atoms with van der Waals surface area (Å²) in [5.41, 5.74) is 1.75. The number of benzene rings is 3. The van der Waals surface area contributed by atoms with Gasteiger partial charge >= 0.3 is 12.1 Å². The van der Waals surface area contributed by atoms with Crippen LogP contribution in [-0.4, -0.2) is 35.5 Å². The topological polar surface area (TPSA) is 148 Å². The molecule has 0 unspecified atom stereocenters. The van der Waals surface area contributed by atoms with Gasteiger partial charge < -0.3 is 25.4 Å². The molecule has 11 nitrogen and oxygen atoms in total. The maximum Gasteiger partial charge on any atom is 0.407 e. The van der Waals surface area contributed by atoms with Gasteiger partial charge in [-0.05, 0) is 67.0 Å². The molecule has 5 rings (SSSR count). The van der Waals surface area contributed by atoms with E-state index in [-0.39, 0.29) is 53.6 Å². The van der Waals surface area contributed by atoms with Crippen molar-refractivity contribution in [2.75, 3.05) is 17.2 Å². The Morgan fingerprint density at radius 3 is 2.31 bits per heavy atom. The summed E-state index contributed by atoms with van der Waals surface area (Å²) in [6, 6.07) is 19.0. The summed E-state index contributed by atoms with van der Waals surface area (Å²) in [6.07, 6.45) is 4.97. The normalized spacial score (nSPS) is 15.4. The van der Waals surface area contributed by atoms with Crippen LogP contribution >= 0.6 is 0 Å². The van der Waals surface area contributed by atoms with Crippen molar-refractivity contribution in [3.8, 4) is 11.5 Å². The highest BCUT2D eigenvalue weighted by Crippen LogP contribution is 2.34. The number of carbonyl (C=O) groups excluding carboxylic acids is 4. The van der Waals surface area contributed by atoms with Crippen molar-refractivity contribution in [3.63, 3.8) is 0 Å². The quantitative estimate of drug-likeness (QED) is 0.139. The van der Waals surface area contributed by atoms with Crippen LogP contribution in [0.15, 0.2) is 91.3 Å². The number of nitrogens with zero attached hydrogens (tertiary/aromatic N) is 1. The number of pyridine rings is 1. The van der Waals surface area contributed by atoms with E-state index >= 15 is 0 Å². The fourth-order valence-corrected chi connectivity index (χ4v) is 5.33. The second-order valence-corrected chi connectivity index (χ2v) is 11.6. The Bertz CT molecular complexity index is 1770. The zero-order chi connectivity index (χ0) is 34.6. The molecule has 0 atom stereocenters. The number of ether oxygens (including phenoxy) is 2. The van der Waals surface area contributed by atoms with Gasteiger partial charge in [-0.2, -0.15) is 0 Å². The molecule has 4 aromatic rings. The number of imide groups is 1. The molecule has 1 saturated carbocycles. The average molecular weight is 672 g/mol. The summed E-state index contributed by atoms with van der Waals surface area (Å²) in [7, 11) is 0. The van der Waals surface area contributed by atoms with Crippen LogP contribution in [0.4, 0.5) is 29.7 Å². The SMILES string of the molecule is O=C(Cc1ccc(F)cc1)NC(=O)Nc1ccc(Oc2ccncc2NC(=O)[C@H]2CC[C@H](CNC(=O)OCc3ccccc3)CC2)c(F)c1. The lowest BCUT2D eigenvalue weighted by Gasteiger charge is -2.28. The van der Waals surface area contributed by atoms with E-state index in [1.807, 2.05) is 30.3 Å². The molecule has 0 radical (unpaired) electrons. The number of rotatable bonds is 11. The zero-order valence-corrected chi connectivity index (χ0v) is 26.4. The van der Waals surface area contributed by atoms with E-state index in [9.17, 15) is 28.0 Å². The molecule has 49 heavy (non-hydrogen) atoms. The van der Waals surface area contributed by atoms with E-state index in [0.29, 0.717) is 24.9 Å². The van der Waals surface area contributed by atoms with Crippen molar-refractivity contribution in [1.29, 1.82) is 0 Å². The zero-order valence-electron chi connectivity index (χ0n) is 26.4. The first-order valence-corrected chi connectivity index (χ1v) is 15.7. The molecule has 1 heterocycles. The van der Waals surface area contributed by atoms with Crippen LogP contribution in [0, 0.1) is 23.5 Å². The highest BCUT2D eigenvalue weighted by molar-refractivity contribution is 6.01. The predicted molar refractivity (Wildman–Crippen MR) is 177 cm³/mol. The Morgan fingerprint density at radius 2 is 1.57 bits per heavy atom. The summed E-state index contributed by atoms with van der Waals surface area (Å²) in [5, 5.41) is 10.2. The van der Waals surface area contributed by atoms with Crippen LogP contribution in [-0.2, 0) is 27.4 Å². The lowest BCUT2D eigenvalue weighted by Crippen LogP contribution is -2.35. The van der Waals surface area contributed by atoms with Crippen LogP contribution in [0.3, 0.4) is 0 Å². The van der Waals surface area contributed by atoms with Crippen LogP contribution < -0.4 is 26.0 Å². The first-order chi connectivity index (χ1) is 23.7. The van der Waals surface area contributed by atoms with Crippen molar-refractivity contribution in [3.05, 3.63) is 114 Å². The van der Waals surface area contributed by atoms with Gasteiger partial charge in [0.1, 0.15) is 18.1 Å². The number of hydrogen-bond donors (Lipinski definition) is 4. The number of carbonyl (C=O) groups is 4. The van der Waals surface area contributed by atoms with Gasteiger partial charge in [0.15, 0.2) is 17.3 Å². The smallest absolute Gasteiger partial charge is 0.407 e. The Labute approximate surface area is 281 Å². The minimum absolute atomic E-state index is 0.0649. The van der Waals surface area contributed by atoms with Crippen molar-refractivity contribution in [2.45, 2.75) is 38.7 Å². The third-order valence-corrected chi connectivity index (χ3v) is 7.94. The number of anilines is 2. The molecular formula is C36H35F2N5O6. The largest absolute Gasteiger partial charge is 0.452 e. The van der Waals surface area contributed by atoms with Gasteiger partial charge in [0.05, 0.1) is 12.6 Å². The second-order valence-electron chi connectivity index (χ2n) is 11.6. The van der Waals surface area contributed by atoms with Gasteiger partial charge in [0.25, 0.3) is 0 Å². The van der Waals surface area contributed by atoms with Gasteiger partial charge in [-0.3, -0.25) is 19.9 Å². The van der Waals surface area contributed by atoms with Crippen LogP contribution in [0.1, 0.15) is 36.8 Å². The van der Waals surface area contributed by atoms with Crippen molar-refractivity contribution in [2.24, 2.45) is 11.8 Å². The van der Waals surface area contributed by atoms with Crippen molar-refractivity contribution in [1.82, 2.24) is 15.6 Å². The summed E-state index contributed by atoms with van der Waals surface area (Å²) < 4.78 is 39.1. The number of nitrogens with one attached hydrogen (secondary N) is 4. The number of halogens is 2. The molecule has 13 heteroatoms. The molecule has 254 valence electrons. The lowest BCUT2D eigenvalue weighted by molar-refractivity contribution is -0.121. The molecule has 0 spiro atoms. The number of amides is 5. The van der Waals surface area contributed by atoms with Crippen LogP contribution in [0.2, 0.25) is 0 Å². The second kappa shape index (κ2) is 16.8. The average Bonchev–Trinajstić information content (AvgIpc) is 3.10. The van der Waals surface area contributed by atoms with Gasteiger partial charge in [0.2, 0.25) is 11.8 Å². The van der Waals surface area contributed by atoms with Gasteiger partial charge in [-0.25, -0.2) is 18.4 Å². The standard InChI is InChI=1S/C36H35F2N5O6/c37-27-12-8-23(9-13-27)18-33(44)43-35(46)41-28-14-15-31(29(38)19-28)49-32-16-17-39-21-30(32)42-34(45)26-10-6-24(7-11-26)20-40-36(47)48-22-25-4-2-1-3-5-25/h1-5,8-9,12-17,19,21,24,26H,6-7,10-11,18,20,22H2,(H,40,47)(H,42,45)(H2,41,43,44,46)/t24-,26-. The maximum absolute atomic E-state index is 15.0. The van der Waals surface area contributed by atoms with E-state index < -0.39 is 29.7 Å². The van der Waals surface area contributed by atoms with Crippen LogP contribution in [0.5, 0.6) is 11.5 Å². The first kappa shape index (κ1) is 34.5. The lowest BCUT2D eigenvalue weighted by atomic mass is 9.81. The fourth-order valence-electron chi connectivity index (χ4n) is 5.33. The molecule has 0 saturated heterocycles. The number of hydrogen-bond acceptors (Lipinski definition) is 7. The number of alkyl carbamates (subject to hydrolysis) is 1. The number of urea groups is 1. The summed E-state index contributed by atoms with van der Waals surface area (Å²) in [5.74, 6) is -2.13. The fraction of sp³-hybridized carbons (Fsp3) is 0.250. The van der Waals surface area contributed by atoms with E-state index in [0.717, 1.165) is 24.5 Å². The summed E-state index contributed by atoms with van der Waals surface area (Å²) in [6.45, 7) is 0.654. The van der Waals surface area contributed by atoms with Crippen molar-refractivity contribution >= 4 is 35.3 Å². The van der Waals surface area contributed by atoms with Crippen molar-refractivity contribution < 1.29 is 37.4 Å². The molecular weight excluding hydrogens is 636 g/mol. The monoisotopic (exact) mass is 671 g/mol. The van der Waals surface area contributed by atoms with E-state index in [1.165, 1.54) is 54.9 Å². The van der Waals surface area contributed by atoms with Gasteiger partial charge in [-0.1, -0.05) is 42.5 Å². The molecule has 4 N–H and O–H groups in total. The summed E-state index contributed by atoms with van der Waals surface area (Å²) in [4.78, 5) is 53.7. The Kier molecular flexibility index (Phi) is 11.8. The predicted octanol–water partition coefficient (Wildman–Crippen LogP) is 6.71. The Morgan fingerprint density at radius 1 is 0.816 bits per heavy atom. The third-order valence-electron chi connectivity index (χ3n) is 7.94. The Balaban J connectivity index is 1.07. The first-order valence-electron chi connectivity index (χ1n) is 15.7. The van der Waals surface area contributed by atoms with Gasteiger partial charge in [0, 0.05) is 36.5 Å². The third kappa shape index (κ3) is 10.6. The molecule has 1 fully saturated rings.